The Morgan fingerprint density at radius 3 is 2.93 bits per heavy atom. The molecular formula is C10H11FINOS. The lowest BCUT2D eigenvalue weighted by molar-refractivity contribution is -0.115. The highest BCUT2D eigenvalue weighted by Crippen LogP contribution is 2.19. The number of thioether (sulfide) groups is 1. The highest BCUT2D eigenvalue weighted by atomic mass is 127. The lowest BCUT2D eigenvalue weighted by atomic mass is 10.3. The van der Waals surface area contributed by atoms with Gasteiger partial charge in [-0.3, -0.25) is 4.79 Å². The van der Waals surface area contributed by atoms with Crippen LogP contribution in [0.3, 0.4) is 0 Å². The van der Waals surface area contributed by atoms with Crippen LogP contribution in [-0.2, 0) is 4.79 Å². The van der Waals surface area contributed by atoms with Crippen molar-refractivity contribution in [3.63, 3.8) is 0 Å². The number of nitrogens with one attached hydrogen (secondary N) is 1. The van der Waals surface area contributed by atoms with Crippen molar-refractivity contribution in [3.05, 3.63) is 27.6 Å². The third-order valence-corrected chi connectivity index (χ3v) is 3.24. The van der Waals surface area contributed by atoms with Gasteiger partial charge in [-0.1, -0.05) is 0 Å². The maximum absolute atomic E-state index is 12.8. The van der Waals surface area contributed by atoms with E-state index in [1.54, 1.807) is 17.8 Å². The van der Waals surface area contributed by atoms with Crippen LogP contribution < -0.4 is 5.32 Å². The Bertz CT molecular complexity index is 359. The summed E-state index contributed by atoms with van der Waals surface area (Å²) in [4.78, 5) is 11.4. The summed E-state index contributed by atoms with van der Waals surface area (Å²) in [7, 11) is 0. The van der Waals surface area contributed by atoms with E-state index in [4.69, 9.17) is 0 Å². The molecule has 0 bridgehead atoms. The number of carbonyl (C=O) groups excluding carboxylic acids is 1. The Hall–Kier alpha value is -0.300. The Morgan fingerprint density at radius 2 is 2.33 bits per heavy atom. The first-order valence-corrected chi connectivity index (χ1v) is 6.84. The summed E-state index contributed by atoms with van der Waals surface area (Å²) in [5, 5.41) is 2.75. The van der Waals surface area contributed by atoms with Gasteiger partial charge in [0.05, 0.1) is 5.69 Å². The fourth-order valence-corrected chi connectivity index (χ4v) is 2.00. The molecule has 1 aromatic rings. The van der Waals surface area contributed by atoms with Crippen LogP contribution >= 0.6 is 34.4 Å². The van der Waals surface area contributed by atoms with Crippen LogP contribution in [0.2, 0.25) is 0 Å². The summed E-state index contributed by atoms with van der Waals surface area (Å²) in [6, 6.07) is 4.31. The van der Waals surface area contributed by atoms with E-state index in [1.807, 2.05) is 28.8 Å². The molecule has 1 rings (SSSR count). The van der Waals surface area contributed by atoms with Crippen molar-refractivity contribution < 1.29 is 9.18 Å². The Labute approximate surface area is 106 Å². The van der Waals surface area contributed by atoms with E-state index in [2.05, 4.69) is 5.32 Å². The topological polar surface area (TPSA) is 29.1 Å². The molecule has 2 nitrogen and oxygen atoms in total. The Balaban J connectivity index is 2.60. The number of anilines is 1. The van der Waals surface area contributed by atoms with Gasteiger partial charge in [0.25, 0.3) is 0 Å². The molecule has 82 valence electrons. The first-order chi connectivity index (χ1) is 7.13. The predicted molar refractivity (Wildman–Crippen MR) is 70.7 cm³/mol. The normalized spacial score (nSPS) is 10.1. The molecule has 1 amide bonds. The zero-order chi connectivity index (χ0) is 11.3. The number of hydrogen-bond acceptors (Lipinski definition) is 2. The highest BCUT2D eigenvalue weighted by molar-refractivity contribution is 14.1. The predicted octanol–water partition coefficient (Wildman–Crippen LogP) is 3.12. The quantitative estimate of drug-likeness (QED) is 0.854. The molecule has 0 aliphatic heterocycles. The maximum Gasteiger partial charge on any atom is 0.225 e. The van der Waals surface area contributed by atoms with Crippen molar-refractivity contribution in [3.8, 4) is 0 Å². The van der Waals surface area contributed by atoms with Crippen LogP contribution in [0, 0.1) is 9.39 Å². The van der Waals surface area contributed by atoms with E-state index >= 15 is 0 Å². The Morgan fingerprint density at radius 1 is 1.60 bits per heavy atom. The second kappa shape index (κ2) is 6.32. The van der Waals surface area contributed by atoms with Crippen molar-refractivity contribution in [2.45, 2.75) is 6.42 Å². The van der Waals surface area contributed by atoms with Crippen LogP contribution in [0.1, 0.15) is 6.42 Å². The van der Waals surface area contributed by atoms with Gasteiger partial charge in [0.1, 0.15) is 5.82 Å². The van der Waals surface area contributed by atoms with Gasteiger partial charge in [0.15, 0.2) is 0 Å². The average molecular weight is 339 g/mol. The minimum absolute atomic E-state index is 0.0334. The van der Waals surface area contributed by atoms with Crippen LogP contribution in [0.5, 0.6) is 0 Å². The fraction of sp³-hybridized carbons (Fsp3) is 0.300. The summed E-state index contributed by atoms with van der Waals surface area (Å²) < 4.78 is 13.5. The molecule has 0 spiro atoms. The van der Waals surface area contributed by atoms with E-state index in [0.717, 1.165) is 5.75 Å². The average Bonchev–Trinajstić information content (AvgIpc) is 2.19. The highest BCUT2D eigenvalue weighted by Gasteiger charge is 2.05. The van der Waals surface area contributed by atoms with Gasteiger partial charge in [0, 0.05) is 15.7 Å². The molecule has 0 saturated carbocycles. The third kappa shape index (κ3) is 4.38. The van der Waals surface area contributed by atoms with E-state index in [0.29, 0.717) is 15.7 Å². The molecule has 0 aliphatic rings. The molecule has 0 aromatic heterocycles. The summed E-state index contributed by atoms with van der Waals surface area (Å²) in [5.41, 5.74) is 0.670. The molecule has 5 heteroatoms. The molecular weight excluding hydrogens is 328 g/mol. The molecule has 15 heavy (non-hydrogen) atoms. The number of halogens is 2. The molecule has 1 N–H and O–H groups in total. The number of benzene rings is 1. The lowest BCUT2D eigenvalue weighted by Crippen LogP contribution is -2.13. The van der Waals surface area contributed by atoms with Crippen LogP contribution in [0.15, 0.2) is 18.2 Å². The summed E-state index contributed by atoms with van der Waals surface area (Å²) in [6.07, 6.45) is 2.43. The minimum Gasteiger partial charge on any atom is -0.325 e. The van der Waals surface area contributed by atoms with E-state index in [9.17, 15) is 9.18 Å². The summed E-state index contributed by atoms with van der Waals surface area (Å²) in [5.74, 6) is 0.472. The maximum atomic E-state index is 12.8. The van der Waals surface area contributed by atoms with Gasteiger partial charge >= 0.3 is 0 Å². The largest absolute Gasteiger partial charge is 0.325 e. The SMILES string of the molecule is CSCCC(=O)Nc1ccc(F)cc1I. The van der Waals surface area contributed by atoms with E-state index < -0.39 is 0 Å². The minimum atomic E-state index is -0.290. The Kier molecular flexibility index (Phi) is 5.38. The van der Waals surface area contributed by atoms with Gasteiger partial charge < -0.3 is 5.32 Å². The van der Waals surface area contributed by atoms with Gasteiger partial charge in [0.2, 0.25) is 5.91 Å². The van der Waals surface area contributed by atoms with Gasteiger partial charge in [-0.2, -0.15) is 11.8 Å². The van der Waals surface area contributed by atoms with Crippen molar-refractivity contribution in [1.82, 2.24) is 0 Å². The zero-order valence-electron chi connectivity index (χ0n) is 8.22. The molecule has 0 saturated heterocycles. The van der Waals surface area contributed by atoms with Gasteiger partial charge in [-0.05, 0) is 47.0 Å². The lowest BCUT2D eigenvalue weighted by Gasteiger charge is -2.06. The molecule has 0 radical (unpaired) electrons. The second-order valence-corrected chi connectivity index (χ2v) is 5.06. The molecule has 0 heterocycles. The van der Waals surface area contributed by atoms with Crippen molar-refractivity contribution in [2.24, 2.45) is 0 Å². The fourth-order valence-electron chi connectivity index (χ4n) is 0.998. The molecule has 0 aliphatic carbocycles. The van der Waals surface area contributed by atoms with Crippen LogP contribution in [0.25, 0.3) is 0 Å². The van der Waals surface area contributed by atoms with E-state index in [-0.39, 0.29) is 11.7 Å². The van der Waals surface area contributed by atoms with E-state index in [1.165, 1.54) is 12.1 Å². The smallest absolute Gasteiger partial charge is 0.225 e. The van der Waals surface area contributed by atoms with Crippen LogP contribution in [0.4, 0.5) is 10.1 Å². The standard InChI is InChI=1S/C10H11FINOS/c1-15-5-4-10(14)13-9-3-2-7(11)6-8(9)12/h2-3,6H,4-5H2,1H3,(H,13,14). The summed E-state index contributed by atoms with van der Waals surface area (Å²) >= 11 is 3.62. The number of rotatable bonds is 4. The van der Waals surface area contributed by atoms with Gasteiger partial charge in [-0.25, -0.2) is 4.39 Å². The molecule has 0 atom stereocenters. The first-order valence-electron chi connectivity index (χ1n) is 4.37. The summed E-state index contributed by atoms with van der Waals surface area (Å²) in [6.45, 7) is 0. The zero-order valence-corrected chi connectivity index (χ0v) is 11.2. The molecule has 1 aromatic carbocycles. The number of carbonyl (C=O) groups is 1. The number of amides is 1. The first kappa shape index (κ1) is 12.8. The van der Waals surface area contributed by atoms with Gasteiger partial charge in [-0.15, -0.1) is 0 Å². The number of hydrogen-bond donors (Lipinski definition) is 1. The second-order valence-electron chi connectivity index (χ2n) is 2.92. The van der Waals surface area contributed by atoms with Crippen molar-refractivity contribution in [2.75, 3.05) is 17.3 Å². The van der Waals surface area contributed by atoms with Crippen molar-refractivity contribution >= 4 is 45.9 Å². The molecule has 0 fully saturated rings. The van der Waals surface area contributed by atoms with Crippen molar-refractivity contribution in [1.29, 1.82) is 0 Å². The van der Waals surface area contributed by atoms with Crippen LogP contribution in [-0.4, -0.2) is 17.9 Å². The monoisotopic (exact) mass is 339 g/mol. The third-order valence-electron chi connectivity index (χ3n) is 1.74. The molecule has 0 unspecified atom stereocenters.